The van der Waals surface area contributed by atoms with Crippen LogP contribution in [0, 0.1) is 13.8 Å². The Bertz CT molecular complexity index is 717. The molecular weight excluding hydrogens is 324 g/mol. The SMILES string of the molecule is Cc1noc(C)c1S(=O)(=O)N1CCSC(c2ccco2)CC1. The molecule has 1 unspecified atom stereocenters. The van der Waals surface area contributed by atoms with E-state index in [2.05, 4.69) is 5.16 Å². The van der Waals surface area contributed by atoms with Crippen molar-refractivity contribution in [2.45, 2.75) is 30.4 Å². The van der Waals surface area contributed by atoms with Crippen LogP contribution in [0.15, 0.2) is 32.2 Å². The zero-order chi connectivity index (χ0) is 15.7. The molecular formula is C14H18N2O4S2. The first kappa shape index (κ1) is 15.6. The molecule has 0 bridgehead atoms. The maximum absolute atomic E-state index is 12.8. The summed E-state index contributed by atoms with van der Waals surface area (Å²) in [4.78, 5) is 0.203. The molecule has 8 heteroatoms. The van der Waals surface area contributed by atoms with Crippen LogP contribution in [0.4, 0.5) is 0 Å². The van der Waals surface area contributed by atoms with Gasteiger partial charge in [-0.3, -0.25) is 0 Å². The second kappa shape index (κ2) is 6.10. The van der Waals surface area contributed by atoms with Crippen molar-refractivity contribution in [3.05, 3.63) is 35.6 Å². The minimum Gasteiger partial charge on any atom is -0.468 e. The molecule has 1 atom stereocenters. The minimum absolute atomic E-state index is 0.194. The van der Waals surface area contributed by atoms with Crippen molar-refractivity contribution in [2.75, 3.05) is 18.8 Å². The Morgan fingerprint density at radius 1 is 1.36 bits per heavy atom. The highest BCUT2D eigenvalue weighted by molar-refractivity contribution is 7.99. The van der Waals surface area contributed by atoms with Crippen LogP contribution in [0.25, 0.3) is 0 Å². The van der Waals surface area contributed by atoms with Gasteiger partial charge in [-0.05, 0) is 32.4 Å². The summed E-state index contributed by atoms with van der Waals surface area (Å²) < 4.78 is 37.6. The fraction of sp³-hybridized carbons (Fsp3) is 0.500. The van der Waals surface area contributed by atoms with Gasteiger partial charge in [0, 0.05) is 18.8 Å². The molecule has 0 aliphatic carbocycles. The summed E-state index contributed by atoms with van der Waals surface area (Å²) in [5.74, 6) is 1.98. The Hall–Kier alpha value is -1.25. The van der Waals surface area contributed by atoms with Crippen molar-refractivity contribution in [1.82, 2.24) is 9.46 Å². The summed E-state index contributed by atoms with van der Waals surface area (Å²) in [5.41, 5.74) is 0.414. The lowest BCUT2D eigenvalue weighted by molar-refractivity contribution is 0.388. The lowest BCUT2D eigenvalue weighted by Crippen LogP contribution is -2.33. The molecule has 1 aliphatic heterocycles. The Morgan fingerprint density at radius 2 is 2.18 bits per heavy atom. The monoisotopic (exact) mass is 342 g/mol. The zero-order valence-electron chi connectivity index (χ0n) is 12.5. The average Bonchev–Trinajstić information content (AvgIpc) is 3.03. The largest absolute Gasteiger partial charge is 0.468 e. The van der Waals surface area contributed by atoms with Crippen LogP contribution >= 0.6 is 11.8 Å². The second-order valence-electron chi connectivity index (χ2n) is 5.22. The van der Waals surface area contributed by atoms with E-state index >= 15 is 0 Å². The molecule has 0 radical (unpaired) electrons. The molecule has 3 heterocycles. The lowest BCUT2D eigenvalue weighted by atomic mass is 10.2. The van der Waals surface area contributed by atoms with Crippen LogP contribution in [0.5, 0.6) is 0 Å². The van der Waals surface area contributed by atoms with Crippen LogP contribution in [-0.4, -0.2) is 36.7 Å². The number of nitrogens with zero attached hydrogens (tertiary/aromatic N) is 2. The minimum atomic E-state index is -3.56. The first-order valence-electron chi connectivity index (χ1n) is 7.08. The standard InChI is InChI=1S/C14H18N2O4S2/c1-10-14(11(2)20-15-10)22(17,18)16-6-5-13(21-9-7-16)12-4-3-8-19-12/h3-4,8,13H,5-7,9H2,1-2H3. The summed E-state index contributed by atoms with van der Waals surface area (Å²) in [6, 6.07) is 3.80. The van der Waals surface area contributed by atoms with E-state index in [9.17, 15) is 8.42 Å². The maximum atomic E-state index is 12.8. The average molecular weight is 342 g/mol. The molecule has 0 N–H and O–H groups in total. The van der Waals surface area contributed by atoms with E-state index in [0.717, 1.165) is 17.9 Å². The van der Waals surface area contributed by atoms with E-state index in [-0.39, 0.29) is 10.1 Å². The van der Waals surface area contributed by atoms with E-state index in [1.165, 1.54) is 4.31 Å². The Balaban J connectivity index is 1.81. The quantitative estimate of drug-likeness (QED) is 0.853. The molecule has 1 aliphatic rings. The molecule has 1 saturated heterocycles. The first-order valence-corrected chi connectivity index (χ1v) is 9.57. The van der Waals surface area contributed by atoms with Gasteiger partial charge in [0.1, 0.15) is 16.3 Å². The molecule has 2 aromatic heterocycles. The summed E-state index contributed by atoms with van der Waals surface area (Å²) in [6.07, 6.45) is 2.37. The van der Waals surface area contributed by atoms with Crippen molar-refractivity contribution in [2.24, 2.45) is 0 Å². The van der Waals surface area contributed by atoms with Crippen LogP contribution in [0.1, 0.15) is 28.9 Å². The number of rotatable bonds is 3. The van der Waals surface area contributed by atoms with Crippen molar-refractivity contribution in [3.8, 4) is 0 Å². The van der Waals surface area contributed by atoms with Gasteiger partial charge in [0.2, 0.25) is 10.0 Å². The highest BCUT2D eigenvalue weighted by atomic mass is 32.2. The van der Waals surface area contributed by atoms with E-state index in [0.29, 0.717) is 24.5 Å². The van der Waals surface area contributed by atoms with Crippen molar-refractivity contribution in [3.63, 3.8) is 0 Å². The molecule has 0 aromatic carbocycles. The van der Waals surface area contributed by atoms with Crippen LogP contribution < -0.4 is 0 Å². The molecule has 3 rings (SSSR count). The van der Waals surface area contributed by atoms with Gasteiger partial charge in [-0.1, -0.05) is 5.16 Å². The number of aromatic nitrogens is 1. The Morgan fingerprint density at radius 3 is 2.82 bits per heavy atom. The molecule has 1 fully saturated rings. The van der Waals surface area contributed by atoms with Gasteiger partial charge in [-0.25, -0.2) is 8.42 Å². The third-order valence-electron chi connectivity index (χ3n) is 3.73. The first-order chi connectivity index (χ1) is 10.5. The van der Waals surface area contributed by atoms with Gasteiger partial charge in [0.15, 0.2) is 5.76 Å². The predicted molar refractivity (Wildman–Crippen MR) is 83.3 cm³/mol. The van der Waals surface area contributed by atoms with Crippen LogP contribution in [0.2, 0.25) is 0 Å². The van der Waals surface area contributed by atoms with Crippen molar-refractivity contribution in [1.29, 1.82) is 0 Å². The summed E-state index contributed by atoms with van der Waals surface area (Å²) in [5, 5.41) is 3.95. The van der Waals surface area contributed by atoms with Crippen molar-refractivity contribution >= 4 is 21.8 Å². The second-order valence-corrected chi connectivity index (χ2v) is 8.41. The van der Waals surface area contributed by atoms with Gasteiger partial charge < -0.3 is 8.94 Å². The van der Waals surface area contributed by atoms with Gasteiger partial charge in [-0.15, -0.1) is 11.8 Å². The number of thioether (sulfide) groups is 1. The predicted octanol–water partition coefficient (Wildman–Crippen LogP) is 2.75. The number of aryl methyl sites for hydroxylation is 2. The normalized spacial score (nSPS) is 20.9. The fourth-order valence-electron chi connectivity index (χ4n) is 2.66. The summed E-state index contributed by atoms with van der Waals surface area (Å²) in [7, 11) is -3.56. The molecule has 6 nitrogen and oxygen atoms in total. The third-order valence-corrected chi connectivity index (χ3v) is 7.16. The lowest BCUT2D eigenvalue weighted by Gasteiger charge is -2.19. The molecule has 0 spiro atoms. The van der Waals surface area contributed by atoms with Gasteiger partial charge in [0.25, 0.3) is 0 Å². The Labute approximate surface area is 133 Å². The van der Waals surface area contributed by atoms with Crippen LogP contribution in [0.3, 0.4) is 0 Å². The maximum Gasteiger partial charge on any atom is 0.248 e. The van der Waals surface area contributed by atoms with E-state index in [1.54, 1.807) is 31.9 Å². The van der Waals surface area contributed by atoms with Crippen molar-refractivity contribution < 1.29 is 17.4 Å². The fourth-order valence-corrected chi connectivity index (χ4v) is 5.71. The number of sulfonamides is 1. The molecule has 22 heavy (non-hydrogen) atoms. The highest BCUT2D eigenvalue weighted by Crippen LogP contribution is 2.36. The molecule has 0 amide bonds. The zero-order valence-corrected chi connectivity index (χ0v) is 14.1. The topological polar surface area (TPSA) is 76.6 Å². The molecule has 120 valence electrons. The number of furan rings is 1. The summed E-state index contributed by atoms with van der Waals surface area (Å²) >= 11 is 1.73. The molecule has 0 saturated carbocycles. The highest BCUT2D eigenvalue weighted by Gasteiger charge is 2.33. The van der Waals surface area contributed by atoms with Gasteiger partial charge in [-0.2, -0.15) is 4.31 Å². The van der Waals surface area contributed by atoms with Gasteiger partial charge >= 0.3 is 0 Å². The smallest absolute Gasteiger partial charge is 0.248 e. The molecule has 2 aromatic rings. The number of hydrogen-bond acceptors (Lipinski definition) is 6. The van der Waals surface area contributed by atoms with E-state index < -0.39 is 10.0 Å². The van der Waals surface area contributed by atoms with Gasteiger partial charge in [0.05, 0.1) is 11.5 Å². The van der Waals surface area contributed by atoms with E-state index in [1.807, 2.05) is 12.1 Å². The third kappa shape index (κ3) is 2.82. The van der Waals surface area contributed by atoms with E-state index in [4.69, 9.17) is 8.94 Å². The summed E-state index contributed by atoms with van der Waals surface area (Å²) in [6.45, 7) is 4.23. The number of hydrogen-bond donors (Lipinski definition) is 0. The Kier molecular flexibility index (Phi) is 4.33. The van der Waals surface area contributed by atoms with Crippen LogP contribution in [-0.2, 0) is 10.0 Å².